The number of carbonyl (C=O) groups is 2. The van der Waals surface area contributed by atoms with E-state index in [0.717, 1.165) is 0 Å². The Labute approximate surface area is 88.7 Å². The van der Waals surface area contributed by atoms with Gasteiger partial charge in [-0.15, -0.1) is 0 Å². The molecule has 5 heteroatoms. The van der Waals surface area contributed by atoms with E-state index in [1.54, 1.807) is 13.8 Å². The van der Waals surface area contributed by atoms with E-state index in [-0.39, 0.29) is 25.6 Å². The van der Waals surface area contributed by atoms with Crippen LogP contribution in [0.3, 0.4) is 0 Å². The summed E-state index contributed by atoms with van der Waals surface area (Å²) in [7, 11) is 0. The molecular weight excluding hydrogens is 200 g/mol. The molecule has 0 spiro atoms. The quantitative estimate of drug-likeness (QED) is 0.514. The van der Waals surface area contributed by atoms with Gasteiger partial charge in [0.15, 0.2) is 0 Å². The summed E-state index contributed by atoms with van der Waals surface area (Å²) in [4.78, 5) is 22.0. The SMILES string of the molecule is CCOC(=O)C/C=C(\C)C(=O)OCCO. The van der Waals surface area contributed by atoms with E-state index in [4.69, 9.17) is 5.11 Å². The smallest absolute Gasteiger partial charge is 0.333 e. The fraction of sp³-hybridized carbons (Fsp3) is 0.600. The number of aliphatic hydroxyl groups is 1. The van der Waals surface area contributed by atoms with Gasteiger partial charge < -0.3 is 14.6 Å². The fourth-order valence-corrected chi connectivity index (χ4v) is 0.792. The summed E-state index contributed by atoms with van der Waals surface area (Å²) in [6.45, 7) is 3.32. The number of aliphatic hydroxyl groups excluding tert-OH is 1. The van der Waals surface area contributed by atoms with Crippen LogP contribution in [0.4, 0.5) is 0 Å². The van der Waals surface area contributed by atoms with Crippen LogP contribution in [0, 0.1) is 0 Å². The van der Waals surface area contributed by atoms with E-state index < -0.39 is 5.97 Å². The standard InChI is InChI=1S/C10H16O5/c1-3-14-9(12)5-4-8(2)10(13)15-7-6-11/h4,11H,3,5-7H2,1-2H3/b8-4+. The zero-order chi connectivity index (χ0) is 11.7. The number of rotatable bonds is 6. The van der Waals surface area contributed by atoms with Gasteiger partial charge in [-0.2, -0.15) is 0 Å². The van der Waals surface area contributed by atoms with Gasteiger partial charge in [-0.1, -0.05) is 6.08 Å². The third kappa shape index (κ3) is 6.68. The molecule has 0 saturated carbocycles. The maximum absolute atomic E-state index is 11.1. The zero-order valence-electron chi connectivity index (χ0n) is 8.99. The molecule has 86 valence electrons. The largest absolute Gasteiger partial charge is 0.466 e. The first-order valence-electron chi connectivity index (χ1n) is 4.72. The van der Waals surface area contributed by atoms with Crippen LogP contribution in [0.5, 0.6) is 0 Å². The lowest BCUT2D eigenvalue weighted by molar-refractivity contribution is -0.142. The van der Waals surface area contributed by atoms with Crippen LogP contribution in [0.2, 0.25) is 0 Å². The van der Waals surface area contributed by atoms with Crippen LogP contribution in [0.1, 0.15) is 20.3 Å². The third-order valence-corrected chi connectivity index (χ3v) is 1.53. The molecule has 15 heavy (non-hydrogen) atoms. The summed E-state index contributed by atoms with van der Waals surface area (Å²) in [6.07, 6.45) is 1.49. The Morgan fingerprint density at radius 1 is 1.33 bits per heavy atom. The molecule has 0 fully saturated rings. The molecular formula is C10H16O5. The number of hydrogen-bond acceptors (Lipinski definition) is 5. The minimum absolute atomic E-state index is 0.0383. The Morgan fingerprint density at radius 2 is 2.00 bits per heavy atom. The second-order valence-corrected chi connectivity index (χ2v) is 2.76. The van der Waals surface area contributed by atoms with E-state index >= 15 is 0 Å². The highest BCUT2D eigenvalue weighted by atomic mass is 16.5. The highest BCUT2D eigenvalue weighted by Crippen LogP contribution is 2.00. The van der Waals surface area contributed by atoms with Gasteiger partial charge in [-0.05, 0) is 13.8 Å². The molecule has 0 heterocycles. The fourth-order valence-electron chi connectivity index (χ4n) is 0.792. The van der Waals surface area contributed by atoms with E-state index in [9.17, 15) is 9.59 Å². The molecule has 0 aliphatic carbocycles. The van der Waals surface area contributed by atoms with Gasteiger partial charge in [-0.25, -0.2) is 4.79 Å². The molecule has 0 aromatic carbocycles. The van der Waals surface area contributed by atoms with Gasteiger partial charge in [0, 0.05) is 5.57 Å². The Morgan fingerprint density at radius 3 is 2.53 bits per heavy atom. The molecule has 0 rings (SSSR count). The lowest BCUT2D eigenvalue weighted by Crippen LogP contribution is -2.10. The monoisotopic (exact) mass is 216 g/mol. The van der Waals surface area contributed by atoms with Crippen molar-refractivity contribution in [2.45, 2.75) is 20.3 Å². The summed E-state index contributed by atoms with van der Waals surface area (Å²) in [5, 5.41) is 8.41. The highest BCUT2D eigenvalue weighted by molar-refractivity contribution is 5.88. The predicted molar refractivity (Wildman–Crippen MR) is 53.1 cm³/mol. The average Bonchev–Trinajstić information content (AvgIpc) is 2.22. The molecule has 0 amide bonds. The predicted octanol–water partition coefficient (Wildman–Crippen LogP) is 0.421. The van der Waals surface area contributed by atoms with Crippen molar-refractivity contribution in [3.63, 3.8) is 0 Å². The van der Waals surface area contributed by atoms with E-state index in [1.807, 2.05) is 0 Å². The summed E-state index contributed by atoms with van der Waals surface area (Å²) < 4.78 is 9.31. The van der Waals surface area contributed by atoms with Gasteiger partial charge in [0.2, 0.25) is 0 Å². The number of carbonyl (C=O) groups excluding carboxylic acids is 2. The van der Waals surface area contributed by atoms with Gasteiger partial charge >= 0.3 is 11.9 Å². The first kappa shape index (κ1) is 13.6. The molecule has 0 atom stereocenters. The van der Waals surface area contributed by atoms with Crippen LogP contribution in [-0.4, -0.2) is 36.9 Å². The van der Waals surface area contributed by atoms with Crippen molar-refractivity contribution in [1.29, 1.82) is 0 Å². The summed E-state index contributed by atoms with van der Waals surface area (Å²) >= 11 is 0. The van der Waals surface area contributed by atoms with Crippen molar-refractivity contribution in [1.82, 2.24) is 0 Å². The molecule has 0 radical (unpaired) electrons. The van der Waals surface area contributed by atoms with Crippen molar-refractivity contribution in [2.75, 3.05) is 19.8 Å². The Bertz CT molecular complexity index is 244. The minimum Gasteiger partial charge on any atom is -0.466 e. The number of esters is 2. The van der Waals surface area contributed by atoms with Crippen LogP contribution < -0.4 is 0 Å². The summed E-state index contributed by atoms with van der Waals surface area (Å²) in [6, 6.07) is 0. The maximum atomic E-state index is 11.1. The third-order valence-electron chi connectivity index (χ3n) is 1.53. The first-order valence-corrected chi connectivity index (χ1v) is 4.72. The maximum Gasteiger partial charge on any atom is 0.333 e. The van der Waals surface area contributed by atoms with Crippen LogP contribution >= 0.6 is 0 Å². The van der Waals surface area contributed by atoms with Gasteiger partial charge in [0.1, 0.15) is 6.61 Å². The van der Waals surface area contributed by atoms with Crippen molar-refractivity contribution < 1.29 is 24.2 Å². The number of hydrogen-bond donors (Lipinski definition) is 1. The Balaban J connectivity index is 3.96. The van der Waals surface area contributed by atoms with Crippen molar-refractivity contribution in [2.24, 2.45) is 0 Å². The minimum atomic E-state index is -0.534. The molecule has 1 N–H and O–H groups in total. The second-order valence-electron chi connectivity index (χ2n) is 2.76. The lowest BCUT2D eigenvalue weighted by Gasteiger charge is -2.02. The van der Waals surface area contributed by atoms with Gasteiger partial charge in [-0.3, -0.25) is 4.79 Å². The van der Waals surface area contributed by atoms with Crippen LogP contribution in [0.25, 0.3) is 0 Å². The van der Waals surface area contributed by atoms with Crippen molar-refractivity contribution >= 4 is 11.9 Å². The topological polar surface area (TPSA) is 72.8 Å². The van der Waals surface area contributed by atoms with E-state index in [2.05, 4.69) is 9.47 Å². The molecule has 0 aromatic rings. The summed E-state index contributed by atoms with van der Waals surface area (Å²) in [5.74, 6) is -0.917. The van der Waals surface area contributed by atoms with E-state index in [1.165, 1.54) is 6.08 Å². The molecule has 0 bridgehead atoms. The van der Waals surface area contributed by atoms with Crippen LogP contribution in [-0.2, 0) is 19.1 Å². The number of ether oxygens (including phenoxy) is 2. The Kier molecular flexibility index (Phi) is 7.27. The lowest BCUT2D eigenvalue weighted by atomic mass is 10.2. The van der Waals surface area contributed by atoms with E-state index in [0.29, 0.717) is 12.2 Å². The summed E-state index contributed by atoms with van der Waals surface area (Å²) in [5.41, 5.74) is 0.330. The second kappa shape index (κ2) is 7.99. The van der Waals surface area contributed by atoms with Gasteiger partial charge in [0.05, 0.1) is 19.6 Å². The highest BCUT2D eigenvalue weighted by Gasteiger charge is 2.06. The first-order chi connectivity index (χ1) is 7.11. The van der Waals surface area contributed by atoms with Crippen LogP contribution in [0.15, 0.2) is 11.6 Å². The molecule has 0 aromatic heterocycles. The molecule has 0 saturated heterocycles. The molecule has 0 unspecified atom stereocenters. The van der Waals surface area contributed by atoms with Crippen molar-refractivity contribution in [3.8, 4) is 0 Å². The Hall–Kier alpha value is -1.36. The zero-order valence-corrected chi connectivity index (χ0v) is 8.99. The average molecular weight is 216 g/mol. The molecule has 0 aliphatic heterocycles. The molecule has 5 nitrogen and oxygen atoms in total. The normalized spacial score (nSPS) is 11.0. The molecule has 0 aliphatic rings. The van der Waals surface area contributed by atoms with Crippen molar-refractivity contribution in [3.05, 3.63) is 11.6 Å². The van der Waals surface area contributed by atoms with Gasteiger partial charge in [0.25, 0.3) is 0 Å².